The lowest BCUT2D eigenvalue weighted by Gasteiger charge is -1.68. The van der Waals surface area contributed by atoms with Crippen molar-refractivity contribution in [2.45, 2.75) is 0 Å². The molecule has 11 heavy (non-hydrogen) atoms. The highest BCUT2D eigenvalue weighted by Crippen LogP contribution is 1.59. The Morgan fingerprint density at radius 2 is 1.27 bits per heavy atom. The molecule has 0 aliphatic heterocycles. The van der Waals surface area contributed by atoms with Crippen molar-refractivity contribution in [3.8, 4) is 0 Å². The van der Waals surface area contributed by atoms with E-state index in [4.69, 9.17) is 37.0 Å². The number of hydrogen-bond donors (Lipinski definition) is 4. The van der Waals surface area contributed by atoms with Gasteiger partial charge in [-0.15, -0.1) is 10.1 Å². The Morgan fingerprint density at radius 3 is 1.27 bits per heavy atom. The predicted octanol–water partition coefficient (Wildman–Crippen LogP) is -2.47. The molecule has 0 unspecified atom stereocenters. The highest BCUT2D eigenvalue weighted by Gasteiger charge is 1.84. The fourth-order valence-corrected chi connectivity index (χ4v) is 0. The van der Waals surface area contributed by atoms with E-state index in [1.807, 2.05) is 0 Å². The van der Waals surface area contributed by atoms with Gasteiger partial charge in [-0.1, -0.05) is 0 Å². The standard InChI is InChI=1S/Al.HNO3.H2O4S.H2O.2H/c;2-1(3)4;1-5(2,3)4;;;/h;(H,2,3,4);(H2,1,2,3,4);1H2;;/q+1;;;;;/p-1. The molecule has 0 aliphatic rings. The second-order valence-electron chi connectivity index (χ2n) is 0.686. The van der Waals surface area contributed by atoms with Crippen molar-refractivity contribution in [2.24, 2.45) is 0 Å². The van der Waals surface area contributed by atoms with Gasteiger partial charge < -0.3 is 9.37 Å². The number of rotatable bonds is 0. The molecule has 0 bridgehead atoms. The normalized spacial score (nSPS) is 7.91. The molecule has 0 saturated carbocycles. The monoisotopic (exact) mass is 207 g/mol. The average molecular weight is 207 g/mol. The van der Waals surface area contributed by atoms with Crippen LogP contribution in [0.3, 0.4) is 0 Å². The van der Waals surface area contributed by atoms with E-state index in [1.165, 1.54) is 0 Å². The van der Waals surface area contributed by atoms with Crippen molar-refractivity contribution in [1.82, 2.24) is 0 Å². The van der Waals surface area contributed by atoms with Crippen molar-refractivity contribution in [2.75, 3.05) is 0 Å². The SMILES string of the molecule is O=S(=O)(O)O.O=[N+]([O-])O.[OH][AlH2]. The third kappa shape index (κ3) is 2860. The molecule has 4 N–H and O–H groups in total. The minimum absolute atomic E-state index is 0.306. The minimum atomic E-state index is -4.67. The first-order valence-electron chi connectivity index (χ1n) is 1.71. The first-order chi connectivity index (χ1) is 4.73. The van der Waals surface area contributed by atoms with Crippen molar-refractivity contribution < 1.29 is 32.0 Å². The highest BCUT2D eigenvalue weighted by atomic mass is 32.3. The zero-order valence-electron chi connectivity index (χ0n) is 5.28. The van der Waals surface area contributed by atoms with Crippen LogP contribution in [0.25, 0.3) is 0 Å². The molecule has 0 heterocycles. The quantitative estimate of drug-likeness (QED) is 0.147. The highest BCUT2D eigenvalue weighted by molar-refractivity contribution is 7.79. The van der Waals surface area contributed by atoms with E-state index >= 15 is 0 Å². The Bertz CT molecular complexity index is 157. The van der Waals surface area contributed by atoms with Gasteiger partial charge in [0.1, 0.15) is 0 Å². The van der Waals surface area contributed by atoms with Crippen LogP contribution in [-0.4, -0.2) is 48.6 Å². The first-order valence-corrected chi connectivity index (χ1v) is 4.00. The average Bonchev–Trinajstić information content (AvgIpc) is 1.63. The summed E-state index contributed by atoms with van der Waals surface area (Å²) in [5.41, 5.74) is 0. The Labute approximate surface area is 69.7 Å². The van der Waals surface area contributed by atoms with Crippen LogP contribution < -0.4 is 0 Å². The lowest BCUT2D eigenvalue weighted by Crippen LogP contribution is -1.89. The first kappa shape index (κ1) is 16.9. The van der Waals surface area contributed by atoms with Crippen LogP contribution in [0.4, 0.5) is 0 Å². The smallest absolute Gasteiger partial charge is 0.407 e. The summed E-state index contributed by atoms with van der Waals surface area (Å²) in [6.45, 7) is 0. The minimum Gasteiger partial charge on any atom is -0.521 e. The molecular weight excluding hydrogens is 201 g/mol. The fourth-order valence-electron chi connectivity index (χ4n) is 0. The van der Waals surface area contributed by atoms with Gasteiger partial charge in [0.15, 0.2) is 0 Å². The third-order valence-electron chi connectivity index (χ3n) is 0. The molecule has 0 radical (unpaired) electrons. The molecule has 0 amide bonds. The van der Waals surface area contributed by atoms with Crippen LogP contribution in [0.15, 0.2) is 0 Å². The van der Waals surface area contributed by atoms with E-state index in [1.54, 1.807) is 0 Å². The molecule has 0 aliphatic carbocycles. The van der Waals surface area contributed by atoms with Gasteiger partial charge in [-0.05, 0) is 0 Å². The van der Waals surface area contributed by atoms with Crippen LogP contribution in [-0.2, 0) is 10.4 Å². The van der Waals surface area contributed by atoms with Gasteiger partial charge in [-0.3, -0.25) is 9.11 Å². The van der Waals surface area contributed by atoms with Crippen molar-refractivity contribution in [3.63, 3.8) is 0 Å². The van der Waals surface area contributed by atoms with Crippen LogP contribution >= 0.6 is 0 Å². The number of nitrogens with zero attached hydrogens (tertiary/aromatic N) is 1. The maximum absolute atomic E-state index is 8.74. The van der Waals surface area contributed by atoms with Gasteiger partial charge in [0.25, 0.3) is 5.09 Å². The van der Waals surface area contributed by atoms with Gasteiger partial charge in [-0.2, -0.15) is 8.42 Å². The summed E-state index contributed by atoms with van der Waals surface area (Å²) in [5.74, 6) is 0. The van der Waals surface area contributed by atoms with Crippen molar-refractivity contribution >= 4 is 27.0 Å². The Balaban J connectivity index is -0.0000000965. The summed E-state index contributed by atoms with van der Waals surface area (Å²) >= 11 is 0.306. The van der Waals surface area contributed by atoms with Crippen LogP contribution in [0.1, 0.15) is 0 Å². The van der Waals surface area contributed by atoms with E-state index in [-0.39, 0.29) is 0 Å². The Morgan fingerprint density at radius 1 is 1.27 bits per heavy atom. The molecule has 0 rings (SSSR count). The Kier molecular flexibility index (Phi) is 14.7. The van der Waals surface area contributed by atoms with E-state index < -0.39 is 15.5 Å². The van der Waals surface area contributed by atoms with Crippen LogP contribution in [0.5, 0.6) is 0 Å². The molecule has 0 spiro atoms. The molecule has 9 nitrogen and oxygen atoms in total. The van der Waals surface area contributed by atoms with E-state index in [2.05, 4.69) is 0 Å². The summed E-state index contributed by atoms with van der Waals surface area (Å²) < 4.78 is 38.7. The second-order valence-corrected chi connectivity index (χ2v) is 1.58. The van der Waals surface area contributed by atoms with Crippen LogP contribution in [0.2, 0.25) is 0 Å². The maximum atomic E-state index is 8.74. The van der Waals surface area contributed by atoms with Gasteiger partial charge in [0.2, 0.25) is 0 Å². The summed E-state index contributed by atoms with van der Waals surface area (Å²) in [5, 5.41) is 13.6. The molecule has 0 aromatic heterocycles. The van der Waals surface area contributed by atoms with Gasteiger partial charge in [0.05, 0.1) is 0 Å². The predicted molar refractivity (Wildman–Crippen MR) is 33.7 cm³/mol. The third-order valence-corrected chi connectivity index (χ3v) is 0. The molecule has 11 heteroatoms. The summed E-state index contributed by atoms with van der Waals surface area (Å²) in [7, 11) is -4.67. The Hall–Kier alpha value is -0.438. The van der Waals surface area contributed by atoms with Crippen molar-refractivity contribution in [1.29, 1.82) is 0 Å². The molecular formula is H6AlNO8S. The fraction of sp³-hybridized carbons (Fsp3) is 0. The molecule has 0 aromatic carbocycles. The lowest BCUT2D eigenvalue weighted by molar-refractivity contribution is -0.742. The van der Waals surface area contributed by atoms with Gasteiger partial charge >= 0.3 is 27.0 Å². The molecule has 68 valence electrons. The maximum Gasteiger partial charge on any atom is 0.407 e. The van der Waals surface area contributed by atoms with E-state index in [0.29, 0.717) is 16.6 Å². The molecule has 0 atom stereocenters. The van der Waals surface area contributed by atoms with Crippen LogP contribution in [0, 0.1) is 10.1 Å². The number of hydrogen-bond acceptors (Lipinski definition) is 5. The second kappa shape index (κ2) is 9.56. The van der Waals surface area contributed by atoms with Gasteiger partial charge in [0, 0.05) is 0 Å². The largest absolute Gasteiger partial charge is 0.521 e. The van der Waals surface area contributed by atoms with Crippen molar-refractivity contribution in [3.05, 3.63) is 10.1 Å². The molecule has 0 aromatic rings. The lowest BCUT2D eigenvalue weighted by atomic mass is 13.1. The topological polar surface area (TPSA) is 158 Å². The molecule has 0 saturated heterocycles. The zero-order chi connectivity index (χ0) is 10.1. The summed E-state index contributed by atoms with van der Waals surface area (Å²) in [4.78, 5) is 8.36. The van der Waals surface area contributed by atoms with Gasteiger partial charge in [-0.25, -0.2) is 0 Å². The van der Waals surface area contributed by atoms with E-state index in [0.717, 1.165) is 0 Å². The molecule has 0 fully saturated rings. The zero-order valence-corrected chi connectivity index (χ0v) is 8.09. The van der Waals surface area contributed by atoms with E-state index in [9.17, 15) is 0 Å². The summed E-state index contributed by atoms with van der Waals surface area (Å²) in [6.07, 6.45) is 0. The summed E-state index contributed by atoms with van der Waals surface area (Å²) in [6, 6.07) is 0.